The van der Waals surface area contributed by atoms with Crippen molar-refractivity contribution >= 4 is 11.9 Å². The molecule has 0 fully saturated rings. The third-order valence-electron chi connectivity index (χ3n) is 5.44. The molecule has 0 aromatic heterocycles. The maximum absolute atomic E-state index is 12.8. The lowest BCUT2D eigenvalue weighted by atomic mass is 9.85. The van der Waals surface area contributed by atoms with E-state index in [1.54, 1.807) is 20.8 Å². The zero-order valence-corrected chi connectivity index (χ0v) is 20.2. The first-order chi connectivity index (χ1) is 14.2. The van der Waals surface area contributed by atoms with E-state index in [1.807, 2.05) is 6.92 Å². The van der Waals surface area contributed by atoms with Crippen molar-refractivity contribution in [2.45, 2.75) is 99.8 Å². The molecule has 0 aromatic rings. The van der Waals surface area contributed by atoms with Gasteiger partial charge in [0.2, 0.25) is 0 Å². The van der Waals surface area contributed by atoms with Crippen LogP contribution in [0, 0.1) is 17.3 Å². The molecule has 0 heterocycles. The number of rotatable bonds is 15. The van der Waals surface area contributed by atoms with Crippen molar-refractivity contribution in [1.82, 2.24) is 0 Å². The molecule has 0 bridgehead atoms. The molecule has 0 aromatic carbocycles. The molecule has 0 rings (SSSR count). The molecule has 0 saturated carbocycles. The topological polar surface area (TPSA) is 82.1 Å². The van der Waals surface area contributed by atoms with Gasteiger partial charge in [0.05, 0.1) is 18.8 Å². The zero-order valence-electron chi connectivity index (χ0n) is 20.2. The summed E-state index contributed by atoms with van der Waals surface area (Å²) in [5, 5.41) is 9.42. The van der Waals surface area contributed by atoms with Crippen molar-refractivity contribution in [1.29, 1.82) is 0 Å². The monoisotopic (exact) mass is 428 g/mol. The van der Waals surface area contributed by atoms with Crippen LogP contribution in [-0.4, -0.2) is 30.4 Å². The Balaban J connectivity index is 5.38. The van der Waals surface area contributed by atoms with Gasteiger partial charge in [0.15, 0.2) is 0 Å². The van der Waals surface area contributed by atoms with Gasteiger partial charge in [-0.05, 0) is 30.1 Å². The predicted molar refractivity (Wildman–Crippen MR) is 119 cm³/mol. The van der Waals surface area contributed by atoms with Gasteiger partial charge in [-0.3, -0.25) is 0 Å². The quantitative estimate of drug-likeness (QED) is 0.108. The van der Waals surface area contributed by atoms with Gasteiger partial charge >= 0.3 is 11.9 Å². The second kappa shape index (κ2) is 15.3. The highest BCUT2D eigenvalue weighted by molar-refractivity contribution is 5.99. The minimum atomic E-state index is -0.840. The average molecular weight is 429 g/mol. The molecule has 0 aliphatic rings. The predicted octanol–water partition coefficient (Wildman–Crippen LogP) is 6.30. The molecule has 6 nitrogen and oxygen atoms in total. The van der Waals surface area contributed by atoms with E-state index in [0.717, 1.165) is 51.4 Å². The summed E-state index contributed by atoms with van der Waals surface area (Å²) in [7, 11) is 0. The smallest absolute Gasteiger partial charge is 0.378 e. The van der Waals surface area contributed by atoms with E-state index in [2.05, 4.69) is 25.7 Å². The number of carbonyl (C=O) groups excluding carboxylic acids is 2. The molecular formula is C24H44O6. The fourth-order valence-electron chi connectivity index (χ4n) is 3.25. The lowest BCUT2D eigenvalue weighted by Gasteiger charge is -2.24. The Morgan fingerprint density at radius 1 is 0.800 bits per heavy atom. The van der Waals surface area contributed by atoms with Crippen molar-refractivity contribution in [3.05, 3.63) is 11.3 Å². The Hall–Kier alpha value is -1.56. The number of ether oxygens (including phenoxy) is 2. The van der Waals surface area contributed by atoms with Crippen LogP contribution in [0.2, 0.25) is 0 Å². The van der Waals surface area contributed by atoms with E-state index in [-0.39, 0.29) is 30.6 Å². The summed E-state index contributed by atoms with van der Waals surface area (Å²) < 4.78 is 10.9. The van der Waals surface area contributed by atoms with Crippen molar-refractivity contribution in [2.24, 2.45) is 17.3 Å². The Labute approximate surface area is 183 Å². The van der Waals surface area contributed by atoms with Crippen LogP contribution in [0.1, 0.15) is 99.8 Å². The minimum Gasteiger partial charge on any atom is -0.462 e. The summed E-state index contributed by atoms with van der Waals surface area (Å²) >= 11 is 0. The van der Waals surface area contributed by atoms with Gasteiger partial charge in [-0.1, -0.05) is 87.0 Å². The van der Waals surface area contributed by atoms with Crippen molar-refractivity contribution in [3.63, 3.8) is 0 Å². The molecule has 0 saturated heterocycles. The molecule has 0 radical (unpaired) electrons. The van der Waals surface area contributed by atoms with Crippen LogP contribution in [-0.2, 0) is 24.0 Å². The van der Waals surface area contributed by atoms with Crippen LogP contribution in [0.5, 0.6) is 0 Å². The maximum atomic E-state index is 12.8. The third kappa shape index (κ3) is 10.5. The first-order valence-corrected chi connectivity index (χ1v) is 11.6. The molecule has 176 valence electrons. The van der Waals surface area contributed by atoms with E-state index in [0.29, 0.717) is 0 Å². The molecular weight excluding hydrogens is 384 g/mol. The third-order valence-corrected chi connectivity index (χ3v) is 5.44. The minimum absolute atomic E-state index is 0.0121. The van der Waals surface area contributed by atoms with Crippen molar-refractivity contribution < 1.29 is 29.2 Å². The first kappa shape index (κ1) is 28.4. The summed E-state index contributed by atoms with van der Waals surface area (Å²) in [5.74, 6) is -1.48. The second-order valence-corrected chi connectivity index (χ2v) is 9.08. The van der Waals surface area contributed by atoms with Crippen LogP contribution >= 0.6 is 0 Å². The van der Waals surface area contributed by atoms with Gasteiger partial charge < -0.3 is 14.4 Å². The molecule has 30 heavy (non-hydrogen) atoms. The molecule has 1 N–H and O–H groups in total. The van der Waals surface area contributed by atoms with Gasteiger partial charge in [-0.2, -0.15) is 0 Å². The van der Waals surface area contributed by atoms with Crippen molar-refractivity contribution in [3.8, 4) is 0 Å². The fraction of sp³-hybridized carbons (Fsp3) is 0.833. The van der Waals surface area contributed by atoms with E-state index in [4.69, 9.17) is 9.47 Å². The normalized spacial score (nSPS) is 14.5. The SMILES string of the molecule is CCCCC(CC)COC(=O)/C(OO)=C(\C(=O)OCC(CC)CCCC)C(C)(C)C. The average Bonchev–Trinajstić information content (AvgIpc) is 2.70. The highest BCUT2D eigenvalue weighted by atomic mass is 17.1. The molecule has 0 aliphatic heterocycles. The highest BCUT2D eigenvalue weighted by Crippen LogP contribution is 2.31. The number of carbonyl (C=O) groups is 2. The molecule has 6 heteroatoms. The van der Waals surface area contributed by atoms with E-state index >= 15 is 0 Å². The lowest BCUT2D eigenvalue weighted by Crippen LogP contribution is -2.28. The van der Waals surface area contributed by atoms with Crippen LogP contribution in [0.15, 0.2) is 11.3 Å². The molecule has 2 atom stereocenters. The van der Waals surface area contributed by atoms with E-state index < -0.39 is 23.1 Å². The Morgan fingerprint density at radius 3 is 1.57 bits per heavy atom. The summed E-state index contributed by atoms with van der Waals surface area (Å²) in [4.78, 5) is 29.8. The van der Waals surface area contributed by atoms with Gasteiger partial charge in [0.1, 0.15) is 0 Å². The van der Waals surface area contributed by atoms with Gasteiger partial charge in [0, 0.05) is 0 Å². The zero-order chi connectivity index (χ0) is 23.2. The summed E-state index contributed by atoms with van der Waals surface area (Å²) in [6.45, 7) is 14.2. The van der Waals surface area contributed by atoms with Crippen molar-refractivity contribution in [2.75, 3.05) is 13.2 Å². The standard InChI is InChI=1S/C24H44O6/c1-8-12-14-18(10-3)16-28-22(25)20(24(5,6)7)21(30-27)23(26)29-17-19(11-4)15-13-9-2/h18-19,27H,8-17H2,1-7H3/b21-20-. The number of hydrogen-bond acceptors (Lipinski definition) is 6. The van der Waals surface area contributed by atoms with Crippen LogP contribution in [0.4, 0.5) is 0 Å². The van der Waals surface area contributed by atoms with Gasteiger partial charge in [-0.25, -0.2) is 14.8 Å². The highest BCUT2D eigenvalue weighted by Gasteiger charge is 2.35. The summed E-state index contributed by atoms with van der Waals surface area (Å²) in [5.41, 5.74) is -0.784. The second-order valence-electron chi connectivity index (χ2n) is 9.08. The Bertz CT molecular complexity index is 532. The lowest BCUT2D eigenvalue weighted by molar-refractivity contribution is -0.215. The Kier molecular flexibility index (Phi) is 14.5. The molecule has 2 unspecified atom stereocenters. The van der Waals surface area contributed by atoms with Gasteiger partial charge in [-0.15, -0.1) is 0 Å². The van der Waals surface area contributed by atoms with Gasteiger partial charge in [0.25, 0.3) is 5.76 Å². The fourth-order valence-corrected chi connectivity index (χ4v) is 3.25. The summed E-state index contributed by atoms with van der Waals surface area (Å²) in [6, 6.07) is 0. The summed E-state index contributed by atoms with van der Waals surface area (Å²) in [6.07, 6.45) is 8.03. The molecule has 0 aliphatic carbocycles. The molecule has 0 amide bonds. The Morgan fingerprint density at radius 2 is 1.23 bits per heavy atom. The number of hydrogen-bond donors (Lipinski definition) is 1. The van der Waals surface area contributed by atoms with Crippen LogP contribution < -0.4 is 0 Å². The number of esters is 2. The van der Waals surface area contributed by atoms with E-state index in [1.165, 1.54) is 0 Å². The van der Waals surface area contributed by atoms with Crippen LogP contribution in [0.25, 0.3) is 0 Å². The van der Waals surface area contributed by atoms with E-state index in [9.17, 15) is 14.8 Å². The van der Waals surface area contributed by atoms with Crippen LogP contribution in [0.3, 0.4) is 0 Å². The maximum Gasteiger partial charge on any atom is 0.378 e. The molecule has 0 spiro atoms. The first-order valence-electron chi connectivity index (χ1n) is 11.6. The number of unbranched alkanes of at least 4 members (excludes halogenated alkanes) is 2. The largest absolute Gasteiger partial charge is 0.462 e.